The fourth-order valence-electron chi connectivity index (χ4n) is 5.54. The SMILES string of the molecule is Cc1ccc(C)c(N2CC=C[C@]34O[C@@H]5C=CCOC(=O)[C@@H]5[C@H]3C(=O)N(CCO)C4C2=O)c1. The highest BCUT2D eigenvalue weighted by molar-refractivity contribution is 6.05. The topological polar surface area (TPSA) is 96.4 Å². The van der Waals surface area contributed by atoms with Crippen molar-refractivity contribution in [2.45, 2.75) is 31.6 Å². The molecule has 1 aromatic rings. The van der Waals surface area contributed by atoms with E-state index in [1.54, 1.807) is 23.1 Å². The van der Waals surface area contributed by atoms with E-state index < -0.39 is 35.6 Å². The number of cyclic esters (lactones) is 1. The minimum Gasteiger partial charge on any atom is -0.461 e. The van der Waals surface area contributed by atoms with E-state index in [4.69, 9.17) is 9.47 Å². The van der Waals surface area contributed by atoms with Gasteiger partial charge in [-0.05, 0) is 37.1 Å². The number of hydrogen-bond donors (Lipinski definition) is 1. The number of anilines is 1. The zero-order valence-corrected chi connectivity index (χ0v) is 18.1. The summed E-state index contributed by atoms with van der Waals surface area (Å²) in [5.74, 6) is -2.89. The summed E-state index contributed by atoms with van der Waals surface area (Å²) in [5.41, 5.74) is 1.42. The van der Waals surface area contributed by atoms with Gasteiger partial charge in [0.25, 0.3) is 5.91 Å². The number of β-amino-alcohol motifs (C(OH)–C–C–N with tert-alkyl or cyclic N) is 1. The van der Waals surface area contributed by atoms with Crippen LogP contribution in [0.4, 0.5) is 5.69 Å². The Morgan fingerprint density at radius 1 is 1.16 bits per heavy atom. The molecule has 0 bridgehead atoms. The lowest BCUT2D eigenvalue weighted by Crippen LogP contribution is -2.55. The second-order valence-electron chi connectivity index (χ2n) is 8.80. The van der Waals surface area contributed by atoms with E-state index in [1.165, 1.54) is 4.90 Å². The first kappa shape index (κ1) is 20.9. The molecule has 168 valence electrons. The summed E-state index contributed by atoms with van der Waals surface area (Å²) >= 11 is 0. The molecule has 0 aromatic heterocycles. The second-order valence-corrected chi connectivity index (χ2v) is 8.80. The van der Waals surface area contributed by atoms with Crippen LogP contribution in [0, 0.1) is 25.7 Å². The predicted molar refractivity (Wildman–Crippen MR) is 115 cm³/mol. The van der Waals surface area contributed by atoms with Crippen LogP contribution in [0.1, 0.15) is 11.1 Å². The lowest BCUT2D eigenvalue weighted by atomic mass is 9.78. The Bertz CT molecular complexity index is 1050. The van der Waals surface area contributed by atoms with Gasteiger partial charge in [-0.1, -0.05) is 30.4 Å². The molecule has 32 heavy (non-hydrogen) atoms. The van der Waals surface area contributed by atoms with Gasteiger partial charge in [-0.3, -0.25) is 14.4 Å². The zero-order chi connectivity index (χ0) is 22.6. The maximum Gasteiger partial charge on any atom is 0.313 e. The van der Waals surface area contributed by atoms with Gasteiger partial charge in [0.05, 0.1) is 18.6 Å². The maximum absolute atomic E-state index is 14.0. The number of carbonyl (C=O) groups is 3. The van der Waals surface area contributed by atoms with E-state index in [2.05, 4.69) is 0 Å². The fourth-order valence-corrected chi connectivity index (χ4v) is 5.54. The molecule has 8 nitrogen and oxygen atoms in total. The number of aliphatic hydroxyl groups is 1. The third-order valence-corrected chi connectivity index (χ3v) is 6.91. The lowest BCUT2D eigenvalue weighted by molar-refractivity contribution is -0.152. The van der Waals surface area contributed by atoms with Crippen LogP contribution in [-0.4, -0.2) is 71.8 Å². The molecule has 1 spiro atoms. The fraction of sp³-hybridized carbons (Fsp3) is 0.458. The quantitative estimate of drug-likeness (QED) is 0.556. The van der Waals surface area contributed by atoms with E-state index in [0.29, 0.717) is 6.54 Å². The minimum atomic E-state index is -1.30. The first-order chi connectivity index (χ1) is 15.4. The number of nitrogens with zero attached hydrogens (tertiary/aromatic N) is 2. The van der Waals surface area contributed by atoms with Crippen LogP contribution in [0.3, 0.4) is 0 Å². The van der Waals surface area contributed by atoms with Gasteiger partial charge in [0.1, 0.15) is 24.2 Å². The van der Waals surface area contributed by atoms with Gasteiger partial charge in [0.15, 0.2) is 0 Å². The number of aryl methyl sites for hydroxylation is 2. The van der Waals surface area contributed by atoms with Crippen molar-refractivity contribution in [2.75, 3.05) is 31.2 Å². The van der Waals surface area contributed by atoms with Crippen molar-refractivity contribution in [2.24, 2.45) is 11.8 Å². The Morgan fingerprint density at radius 3 is 2.75 bits per heavy atom. The third kappa shape index (κ3) is 2.86. The van der Waals surface area contributed by atoms with E-state index in [9.17, 15) is 19.5 Å². The maximum atomic E-state index is 14.0. The molecule has 2 fully saturated rings. The molecule has 8 heteroatoms. The largest absolute Gasteiger partial charge is 0.461 e. The highest BCUT2D eigenvalue weighted by Gasteiger charge is 2.71. The van der Waals surface area contributed by atoms with Crippen LogP contribution in [0.25, 0.3) is 0 Å². The summed E-state index contributed by atoms with van der Waals surface area (Å²) in [4.78, 5) is 43.4. The van der Waals surface area contributed by atoms with Gasteiger partial charge >= 0.3 is 5.97 Å². The smallest absolute Gasteiger partial charge is 0.313 e. The Kier molecular flexibility index (Phi) is 4.94. The van der Waals surface area contributed by atoms with Crippen molar-refractivity contribution in [3.05, 3.63) is 53.6 Å². The van der Waals surface area contributed by atoms with Crippen molar-refractivity contribution in [1.29, 1.82) is 0 Å². The summed E-state index contributed by atoms with van der Waals surface area (Å²) in [6.45, 7) is 4.01. The predicted octanol–water partition coefficient (Wildman–Crippen LogP) is 0.892. The van der Waals surface area contributed by atoms with Crippen molar-refractivity contribution in [3.63, 3.8) is 0 Å². The third-order valence-electron chi connectivity index (χ3n) is 6.91. The zero-order valence-electron chi connectivity index (χ0n) is 18.1. The first-order valence-electron chi connectivity index (χ1n) is 10.9. The molecule has 4 aliphatic rings. The van der Waals surface area contributed by atoms with Crippen LogP contribution in [0.15, 0.2) is 42.5 Å². The van der Waals surface area contributed by atoms with E-state index in [-0.39, 0.29) is 31.6 Å². The number of aliphatic hydroxyl groups excluding tert-OH is 1. The van der Waals surface area contributed by atoms with Crippen LogP contribution in [0.2, 0.25) is 0 Å². The highest BCUT2D eigenvalue weighted by atomic mass is 16.6. The van der Waals surface area contributed by atoms with Crippen molar-refractivity contribution in [1.82, 2.24) is 4.90 Å². The number of carbonyl (C=O) groups excluding carboxylic acids is 3. The Balaban J connectivity index is 1.63. The molecule has 5 rings (SSSR count). The number of hydrogen-bond acceptors (Lipinski definition) is 6. The number of amides is 2. The summed E-state index contributed by atoms with van der Waals surface area (Å²) in [7, 11) is 0. The molecular weight excluding hydrogens is 412 g/mol. The molecule has 1 unspecified atom stereocenters. The average molecular weight is 438 g/mol. The number of benzene rings is 1. The van der Waals surface area contributed by atoms with Crippen LogP contribution >= 0.6 is 0 Å². The van der Waals surface area contributed by atoms with Gasteiger partial charge in [-0.25, -0.2) is 0 Å². The van der Waals surface area contributed by atoms with Gasteiger partial charge < -0.3 is 24.4 Å². The minimum absolute atomic E-state index is 0.0202. The molecule has 0 aliphatic carbocycles. The number of rotatable bonds is 3. The summed E-state index contributed by atoms with van der Waals surface area (Å²) in [6, 6.07) is 4.90. The number of ether oxygens (including phenoxy) is 2. The normalized spacial score (nSPS) is 33.5. The summed E-state index contributed by atoms with van der Waals surface area (Å²) in [6.07, 6.45) is 6.41. The lowest BCUT2D eigenvalue weighted by Gasteiger charge is -2.35. The monoisotopic (exact) mass is 438 g/mol. The number of likely N-dealkylation sites (tertiary alicyclic amines) is 1. The molecule has 0 radical (unpaired) electrons. The molecule has 0 saturated carbocycles. The second kappa shape index (κ2) is 7.56. The van der Waals surface area contributed by atoms with Gasteiger partial charge in [0, 0.05) is 18.8 Å². The van der Waals surface area contributed by atoms with Crippen molar-refractivity contribution >= 4 is 23.5 Å². The van der Waals surface area contributed by atoms with Gasteiger partial charge in [-0.15, -0.1) is 0 Å². The van der Waals surface area contributed by atoms with E-state index in [0.717, 1.165) is 16.8 Å². The number of fused-ring (bicyclic) bond motifs is 2. The van der Waals surface area contributed by atoms with Gasteiger partial charge in [0.2, 0.25) is 5.91 Å². The van der Waals surface area contributed by atoms with Crippen LogP contribution < -0.4 is 4.90 Å². The molecule has 4 heterocycles. The number of esters is 1. The van der Waals surface area contributed by atoms with Crippen molar-refractivity contribution in [3.8, 4) is 0 Å². The van der Waals surface area contributed by atoms with Crippen LogP contribution in [0.5, 0.6) is 0 Å². The van der Waals surface area contributed by atoms with E-state index >= 15 is 0 Å². The molecule has 2 amide bonds. The molecule has 2 saturated heterocycles. The van der Waals surface area contributed by atoms with Crippen molar-refractivity contribution < 1.29 is 29.0 Å². The molecule has 4 aliphatic heterocycles. The summed E-state index contributed by atoms with van der Waals surface area (Å²) in [5, 5.41) is 9.66. The van der Waals surface area contributed by atoms with E-state index in [1.807, 2.05) is 38.1 Å². The molecule has 5 atom stereocenters. The molecule has 1 aromatic carbocycles. The molecular formula is C24H26N2O6. The summed E-state index contributed by atoms with van der Waals surface area (Å²) < 4.78 is 11.7. The highest BCUT2D eigenvalue weighted by Crippen LogP contribution is 2.53. The van der Waals surface area contributed by atoms with Crippen LogP contribution in [-0.2, 0) is 23.9 Å². The van der Waals surface area contributed by atoms with Gasteiger partial charge in [-0.2, -0.15) is 0 Å². The Hall–Kier alpha value is -2.97. The Labute approximate surface area is 186 Å². The molecule has 1 N–H and O–H groups in total. The average Bonchev–Trinajstić information content (AvgIpc) is 3.05. The first-order valence-corrected chi connectivity index (χ1v) is 10.9. The standard InChI is InChI=1S/C24H26N2O6/c1-14-6-7-15(2)16(13-14)25-9-4-8-24-19(18-17(32-24)5-3-12-31-23(18)30)21(28)26(10-11-27)20(24)22(25)29/h3-8,13,17-20,27H,9-12H2,1-2H3/t17-,18+,19+,20?,24+/m1/s1. The Morgan fingerprint density at radius 2 is 1.97 bits per heavy atom.